The van der Waals surface area contributed by atoms with Gasteiger partial charge in [-0.2, -0.15) is 13.8 Å². The van der Waals surface area contributed by atoms with Crippen LogP contribution in [0.1, 0.15) is 26.3 Å². The molecule has 1 aromatic heterocycles. The summed E-state index contributed by atoms with van der Waals surface area (Å²) in [4.78, 5) is 14.3. The van der Waals surface area contributed by atoms with E-state index in [1.165, 1.54) is 18.2 Å². The standard InChI is InChI=1S/C13H16F2N2O2/c1-13(2,3)19-12(18)16-8-4-5-9-6-7-10(14)17-11(9)15/h4-7H,8H2,1-3H3,(H,16,18). The highest BCUT2D eigenvalue weighted by Crippen LogP contribution is 2.08. The molecule has 104 valence electrons. The molecule has 0 fully saturated rings. The summed E-state index contributed by atoms with van der Waals surface area (Å²) in [6.07, 6.45) is 2.36. The third-order valence-corrected chi connectivity index (χ3v) is 1.90. The molecular weight excluding hydrogens is 254 g/mol. The van der Waals surface area contributed by atoms with E-state index in [0.717, 1.165) is 6.07 Å². The molecule has 0 saturated carbocycles. The number of ether oxygens (including phenoxy) is 1. The second kappa shape index (κ2) is 6.26. The number of amides is 1. The molecule has 4 nitrogen and oxygen atoms in total. The Morgan fingerprint density at radius 2 is 2.11 bits per heavy atom. The first-order chi connectivity index (χ1) is 8.78. The molecule has 0 aliphatic heterocycles. The lowest BCUT2D eigenvalue weighted by atomic mass is 10.2. The SMILES string of the molecule is CC(C)(C)OC(=O)NCC=Cc1ccc(F)nc1F. The summed E-state index contributed by atoms with van der Waals surface area (Å²) in [5.41, 5.74) is -0.423. The molecule has 6 heteroatoms. The van der Waals surface area contributed by atoms with Crippen molar-refractivity contribution in [1.82, 2.24) is 10.3 Å². The van der Waals surface area contributed by atoms with E-state index in [9.17, 15) is 13.6 Å². The Balaban J connectivity index is 2.44. The van der Waals surface area contributed by atoms with Gasteiger partial charge in [0, 0.05) is 12.1 Å². The minimum absolute atomic E-state index is 0.146. The maximum Gasteiger partial charge on any atom is 0.407 e. The Morgan fingerprint density at radius 3 is 2.68 bits per heavy atom. The lowest BCUT2D eigenvalue weighted by Crippen LogP contribution is -2.32. The van der Waals surface area contributed by atoms with Crippen LogP contribution in [-0.4, -0.2) is 23.2 Å². The molecule has 0 aromatic carbocycles. The van der Waals surface area contributed by atoms with Crippen LogP contribution in [0.3, 0.4) is 0 Å². The molecule has 1 rings (SSSR count). The van der Waals surface area contributed by atoms with Crippen LogP contribution in [0.15, 0.2) is 18.2 Å². The van der Waals surface area contributed by atoms with Crippen molar-refractivity contribution in [1.29, 1.82) is 0 Å². The van der Waals surface area contributed by atoms with Crippen molar-refractivity contribution in [3.8, 4) is 0 Å². The number of pyridine rings is 1. The Kier molecular flexibility index (Phi) is 4.97. The fourth-order valence-electron chi connectivity index (χ4n) is 1.19. The molecule has 0 atom stereocenters. The monoisotopic (exact) mass is 270 g/mol. The van der Waals surface area contributed by atoms with Crippen LogP contribution >= 0.6 is 0 Å². The molecule has 0 saturated heterocycles. The number of carbonyl (C=O) groups excluding carboxylic acids is 1. The Hall–Kier alpha value is -1.98. The van der Waals surface area contributed by atoms with Crippen LogP contribution in [0, 0.1) is 11.9 Å². The van der Waals surface area contributed by atoms with Gasteiger partial charge in [-0.1, -0.05) is 12.2 Å². The van der Waals surface area contributed by atoms with Gasteiger partial charge in [0.1, 0.15) is 5.60 Å². The number of hydrogen-bond donors (Lipinski definition) is 1. The van der Waals surface area contributed by atoms with Crippen LogP contribution in [0.4, 0.5) is 13.6 Å². The molecule has 0 aliphatic rings. The zero-order valence-corrected chi connectivity index (χ0v) is 11.0. The quantitative estimate of drug-likeness (QED) is 0.859. The highest BCUT2D eigenvalue weighted by Gasteiger charge is 2.14. The normalized spacial score (nSPS) is 11.6. The van der Waals surface area contributed by atoms with Gasteiger partial charge < -0.3 is 10.1 Å². The lowest BCUT2D eigenvalue weighted by Gasteiger charge is -2.19. The number of hydrogen-bond acceptors (Lipinski definition) is 3. The van der Waals surface area contributed by atoms with Crippen molar-refractivity contribution >= 4 is 12.2 Å². The van der Waals surface area contributed by atoms with Gasteiger partial charge >= 0.3 is 6.09 Å². The first-order valence-corrected chi connectivity index (χ1v) is 5.73. The molecule has 1 aromatic rings. The third kappa shape index (κ3) is 5.94. The van der Waals surface area contributed by atoms with Gasteiger partial charge in [0.15, 0.2) is 0 Å². The molecule has 19 heavy (non-hydrogen) atoms. The average Bonchev–Trinajstić information content (AvgIpc) is 2.24. The molecule has 1 heterocycles. The van der Waals surface area contributed by atoms with Crippen LogP contribution in [0.2, 0.25) is 0 Å². The predicted molar refractivity (Wildman–Crippen MR) is 67.4 cm³/mol. The maximum absolute atomic E-state index is 13.1. The molecule has 0 radical (unpaired) electrons. The first kappa shape index (κ1) is 15.1. The van der Waals surface area contributed by atoms with Crippen molar-refractivity contribution < 1.29 is 18.3 Å². The van der Waals surface area contributed by atoms with Crippen LogP contribution in [0.25, 0.3) is 6.08 Å². The molecule has 1 amide bonds. The minimum Gasteiger partial charge on any atom is -0.444 e. The number of rotatable bonds is 3. The molecule has 1 N–H and O–H groups in total. The smallest absolute Gasteiger partial charge is 0.407 e. The second-order valence-corrected chi connectivity index (χ2v) is 4.80. The van der Waals surface area contributed by atoms with Crippen LogP contribution in [0.5, 0.6) is 0 Å². The van der Waals surface area contributed by atoms with Gasteiger partial charge in [0.2, 0.25) is 11.9 Å². The third-order valence-electron chi connectivity index (χ3n) is 1.90. The van der Waals surface area contributed by atoms with Gasteiger partial charge in [0.25, 0.3) is 0 Å². The van der Waals surface area contributed by atoms with E-state index >= 15 is 0 Å². The molecular formula is C13H16F2N2O2. The van der Waals surface area contributed by atoms with Gasteiger partial charge in [-0.3, -0.25) is 0 Å². The second-order valence-electron chi connectivity index (χ2n) is 4.80. The zero-order valence-electron chi connectivity index (χ0n) is 11.0. The van der Waals surface area contributed by atoms with E-state index in [1.54, 1.807) is 20.8 Å². The summed E-state index contributed by atoms with van der Waals surface area (Å²) in [5, 5.41) is 2.48. The van der Waals surface area contributed by atoms with E-state index < -0.39 is 23.6 Å². The summed E-state index contributed by atoms with van der Waals surface area (Å²) in [7, 11) is 0. The van der Waals surface area contributed by atoms with Gasteiger partial charge in [-0.05, 0) is 32.9 Å². The van der Waals surface area contributed by atoms with E-state index in [2.05, 4.69) is 10.3 Å². The summed E-state index contributed by atoms with van der Waals surface area (Å²) < 4.78 is 30.7. The van der Waals surface area contributed by atoms with Crippen molar-refractivity contribution in [2.24, 2.45) is 0 Å². The fourth-order valence-corrected chi connectivity index (χ4v) is 1.19. The number of nitrogens with zero attached hydrogens (tertiary/aromatic N) is 1. The van der Waals surface area contributed by atoms with Crippen molar-refractivity contribution in [2.45, 2.75) is 26.4 Å². The summed E-state index contributed by atoms with van der Waals surface area (Å²) in [6.45, 7) is 5.43. The molecule has 0 unspecified atom stereocenters. The summed E-state index contributed by atoms with van der Waals surface area (Å²) in [6, 6.07) is 2.33. The van der Waals surface area contributed by atoms with Crippen molar-refractivity contribution in [3.63, 3.8) is 0 Å². The predicted octanol–water partition coefficient (Wildman–Crippen LogP) is 2.90. The van der Waals surface area contributed by atoms with Crippen molar-refractivity contribution in [3.05, 3.63) is 35.7 Å². The zero-order chi connectivity index (χ0) is 14.5. The minimum atomic E-state index is -0.895. The summed E-state index contributed by atoms with van der Waals surface area (Å²) >= 11 is 0. The van der Waals surface area contributed by atoms with E-state index in [1.807, 2.05) is 0 Å². The largest absolute Gasteiger partial charge is 0.444 e. The topological polar surface area (TPSA) is 51.2 Å². The number of halogens is 2. The van der Waals surface area contributed by atoms with Gasteiger partial charge in [0.05, 0.1) is 0 Å². The lowest BCUT2D eigenvalue weighted by molar-refractivity contribution is 0.0534. The van der Waals surface area contributed by atoms with E-state index in [-0.39, 0.29) is 12.1 Å². The molecule has 0 bridgehead atoms. The first-order valence-electron chi connectivity index (χ1n) is 5.73. The molecule has 0 spiro atoms. The van der Waals surface area contributed by atoms with Gasteiger partial charge in [-0.25, -0.2) is 4.79 Å². The Bertz CT molecular complexity index is 482. The van der Waals surface area contributed by atoms with Gasteiger partial charge in [-0.15, -0.1) is 0 Å². The Morgan fingerprint density at radius 1 is 1.42 bits per heavy atom. The number of alkyl carbamates (subject to hydrolysis) is 1. The van der Waals surface area contributed by atoms with Crippen LogP contribution in [-0.2, 0) is 4.74 Å². The van der Waals surface area contributed by atoms with E-state index in [4.69, 9.17) is 4.74 Å². The fraction of sp³-hybridized carbons (Fsp3) is 0.385. The van der Waals surface area contributed by atoms with Crippen LogP contribution < -0.4 is 5.32 Å². The average molecular weight is 270 g/mol. The highest BCUT2D eigenvalue weighted by molar-refractivity contribution is 5.68. The van der Waals surface area contributed by atoms with Crippen molar-refractivity contribution in [2.75, 3.05) is 6.54 Å². The number of nitrogens with one attached hydrogen (secondary N) is 1. The summed E-state index contributed by atoms with van der Waals surface area (Å²) in [5.74, 6) is -1.77. The molecule has 0 aliphatic carbocycles. The Labute approximate surface area is 110 Å². The number of carbonyl (C=O) groups is 1. The van der Waals surface area contributed by atoms with E-state index in [0.29, 0.717) is 0 Å². The maximum atomic E-state index is 13.1. The highest BCUT2D eigenvalue weighted by atomic mass is 19.1. The number of aromatic nitrogens is 1.